The molecule has 0 spiro atoms. The predicted molar refractivity (Wildman–Crippen MR) is 64.3 cm³/mol. The molecule has 1 unspecified atom stereocenters. The first-order valence-electron chi connectivity index (χ1n) is 5.60. The Hall–Kier alpha value is -1.93. The van der Waals surface area contributed by atoms with E-state index in [0.29, 0.717) is 12.0 Å². The summed E-state index contributed by atoms with van der Waals surface area (Å²) in [4.78, 5) is 11.1. The van der Waals surface area contributed by atoms with Crippen molar-refractivity contribution in [3.8, 4) is 6.07 Å². The summed E-state index contributed by atoms with van der Waals surface area (Å²) in [5.41, 5.74) is -0.466. The molecule has 0 aliphatic heterocycles. The van der Waals surface area contributed by atoms with Crippen LogP contribution in [0.5, 0.6) is 0 Å². The van der Waals surface area contributed by atoms with Crippen LogP contribution in [0.3, 0.4) is 0 Å². The van der Waals surface area contributed by atoms with E-state index in [0.717, 1.165) is 0 Å². The first kappa shape index (κ1) is 14.1. The van der Waals surface area contributed by atoms with Crippen LogP contribution in [0, 0.1) is 17.1 Å². The number of hydrogen-bond acceptors (Lipinski definition) is 3. The van der Waals surface area contributed by atoms with Gasteiger partial charge in [0.2, 0.25) is 0 Å². The number of nitriles is 1. The van der Waals surface area contributed by atoms with Crippen LogP contribution in [0.4, 0.5) is 4.39 Å². The molecule has 18 heavy (non-hydrogen) atoms. The molecule has 0 fully saturated rings. The Morgan fingerprint density at radius 2 is 2.28 bits per heavy atom. The van der Waals surface area contributed by atoms with Crippen LogP contribution in [-0.2, 0) is 11.3 Å². The van der Waals surface area contributed by atoms with Gasteiger partial charge in [0.15, 0.2) is 0 Å². The van der Waals surface area contributed by atoms with E-state index in [2.05, 4.69) is 5.32 Å². The number of carboxylic acid groups (broad SMARTS) is 1. The van der Waals surface area contributed by atoms with E-state index in [9.17, 15) is 9.18 Å². The molecule has 0 aromatic heterocycles. The average Bonchev–Trinajstić information content (AvgIpc) is 2.37. The normalized spacial score (nSPS) is 13.7. The molecule has 0 saturated heterocycles. The number of benzene rings is 1. The summed E-state index contributed by atoms with van der Waals surface area (Å²) in [5, 5.41) is 20.6. The van der Waals surface area contributed by atoms with Gasteiger partial charge in [-0.05, 0) is 31.5 Å². The Morgan fingerprint density at radius 1 is 1.61 bits per heavy atom. The minimum Gasteiger partial charge on any atom is -0.480 e. The molecule has 0 aliphatic rings. The van der Waals surface area contributed by atoms with Gasteiger partial charge in [-0.1, -0.05) is 6.92 Å². The van der Waals surface area contributed by atoms with Crippen LogP contribution in [0.1, 0.15) is 31.4 Å². The van der Waals surface area contributed by atoms with Crippen LogP contribution in [-0.4, -0.2) is 16.6 Å². The van der Waals surface area contributed by atoms with Crippen LogP contribution < -0.4 is 5.32 Å². The molecular weight excluding hydrogens is 235 g/mol. The van der Waals surface area contributed by atoms with Crippen molar-refractivity contribution < 1.29 is 14.3 Å². The van der Waals surface area contributed by atoms with Crippen molar-refractivity contribution >= 4 is 5.97 Å². The maximum Gasteiger partial charge on any atom is 0.323 e. The molecule has 1 atom stereocenters. The molecule has 4 nitrogen and oxygen atoms in total. The first-order valence-corrected chi connectivity index (χ1v) is 5.60. The summed E-state index contributed by atoms with van der Waals surface area (Å²) in [6, 6.07) is 5.93. The zero-order valence-electron chi connectivity index (χ0n) is 10.3. The van der Waals surface area contributed by atoms with Gasteiger partial charge in [-0.3, -0.25) is 10.1 Å². The largest absolute Gasteiger partial charge is 0.480 e. The van der Waals surface area contributed by atoms with Crippen molar-refractivity contribution in [3.05, 3.63) is 35.1 Å². The Kier molecular flexibility index (Phi) is 4.40. The maximum absolute atomic E-state index is 13.5. The Bertz CT molecular complexity index is 496. The fourth-order valence-electron chi connectivity index (χ4n) is 1.42. The van der Waals surface area contributed by atoms with Gasteiger partial charge in [-0.2, -0.15) is 5.26 Å². The third kappa shape index (κ3) is 3.05. The summed E-state index contributed by atoms with van der Waals surface area (Å²) in [6.45, 7) is 3.35. The molecule has 0 aliphatic carbocycles. The number of carbonyl (C=O) groups is 1. The van der Waals surface area contributed by atoms with Crippen LogP contribution in [0.15, 0.2) is 18.2 Å². The lowest BCUT2D eigenvalue weighted by Crippen LogP contribution is -2.48. The van der Waals surface area contributed by atoms with E-state index in [-0.39, 0.29) is 12.1 Å². The van der Waals surface area contributed by atoms with E-state index in [1.165, 1.54) is 18.2 Å². The first-order chi connectivity index (χ1) is 8.42. The van der Waals surface area contributed by atoms with Crippen molar-refractivity contribution in [1.29, 1.82) is 5.26 Å². The van der Waals surface area contributed by atoms with Crippen molar-refractivity contribution in [2.24, 2.45) is 0 Å². The smallest absolute Gasteiger partial charge is 0.323 e. The third-order valence-corrected chi connectivity index (χ3v) is 3.02. The van der Waals surface area contributed by atoms with E-state index in [1.54, 1.807) is 13.8 Å². The predicted octanol–water partition coefficient (Wildman–Crippen LogP) is 2.04. The second-order valence-corrected chi connectivity index (χ2v) is 4.26. The average molecular weight is 250 g/mol. The van der Waals surface area contributed by atoms with Crippen LogP contribution in [0.25, 0.3) is 0 Å². The fraction of sp³-hybridized carbons (Fsp3) is 0.385. The second-order valence-electron chi connectivity index (χ2n) is 4.26. The molecule has 5 heteroatoms. The van der Waals surface area contributed by atoms with Gasteiger partial charge in [0.1, 0.15) is 11.4 Å². The van der Waals surface area contributed by atoms with E-state index in [1.807, 2.05) is 6.07 Å². The Balaban J connectivity index is 2.86. The number of halogens is 1. The van der Waals surface area contributed by atoms with Gasteiger partial charge >= 0.3 is 5.97 Å². The third-order valence-electron chi connectivity index (χ3n) is 3.02. The van der Waals surface area contributed by atoms with Crippen LogP contribution >= 0.6 is 0 Å². The molecule has 1 rings (SSSR count). The lowest BCUT2D eigenvalue weighted by molar-refractivity contribution is -0.144. The molecule has 1 aromatic carbocycles. The summed E-state index contributed by atoms with van der Waals surface area (Å²) < 4.78 is 13.5. The van der Waals surface area contributed by atoms with Gasteiger partial charge < -0.3 is 5.11 Å². The van der Waals surface area contributed by atoms with E-state index < -0.39 is 17.3 Å². The number of rotatable bonds is 5. The number of hydrogen-bond donors (Lipinski definition) is 2. The molecule has 0 radical (unpaired) electrons. The molecule has 0 bridgehead atoms. The van der Waals surface area contributed by atoms with E-state index >= 15 is 0 Å². The SMILES string of the molecule is CCC(C)(NCc1cc(C#N)ccc1F)C(=O)O. The standard InChI is InChI=1S/C13H15FN2O2/c1-3-13(2,12(17)18)16-8-10-6-9(7-15)4-5-11(10)14/h4-6,16H,3,8H2,1-2H3,(H,17,18). The summed E-state index contributed by atoms with van der Waals surface area (Å²) in [5.74, 6) is -1.44. The summed E-state index contributed by atoms with van der Waals surface area (Å²) in [6.07, 6.45) is 0.377. The number of carboxylic acids is 1. The molecule has 2 N–H and O–H groups in total. The molecule has 0 amide bonds. The second kappa shape index (κ2) is 5.61. The molecule has 0 heterocycles. The fourth-order valence-corrected chi connectivity index (χ4v) is 1.42. The summed E-state index contributed by atoms with van der Waals surface area (Å²) >= 11 is 0. The number of nitrogens with zero attached hydrogens (tertiary/aromatic N) is 1. The topological polar surface area (TPSA) is 73.1 Å². The highest BCUT2D eigenvalue weighted by atomic mass is 19.1. The molecule has 96 valence electrons. The minimum atomic E-state index is -1.10. The summed E-state index contributed by atoms with van der Waals surface area (Å²) in [7, 11) is 0. The number of nitrogens with one attached hydrogen (secondary N) is 1. The highest BCUT2D eigenvalue weighted by Crippen LogP contribution is 2.14. The maximum atomic E-state index is 13.5. The Morgan fingerprint density at radius 3 is 2.78 bits per heavy atom. The Labute approximate surface area is 105 Å². The zero-order valence-corrected chi connectivity index (χ0v) is 10.3. The molecule has 0 saturated carbocycles. The lowest BCUT2D eigenvalue weighted by atomic mass is 9.98. The lowest BCUT2D eigenvalue weighted by Gasteiger charge is -2.24. The van der Waals surface area contributed by atoms with Gasteiger partial charge in [0.05, 0.1) is 11.6 Å². The van der Waals surface area contributed by atoms with Gasteiger partial charge in [0, 0.05) is 12.1 Å². The van der Waals surface area contributed by atoms with Crippen LogP contribution in [0.2, 0.25) is 0 Å². The van der Waals surface area contributed by atoms with Crippen molar-refractivity contribution in [3.63, 3.8) is 0 Å². The highest BCUT2D eigenvalue weighted by molar-refractivity contribution is 5.78. The van der Waals surface area contributed by atoms with Gasteiger partial charge in [-0.15, -0.1) is 0 Å². The van der Waals surface area contributed by atoms with E-state index in [4.69, 9.17) is 10.4 Å². The quantitative estimate of drug-likeness (QED) is 0.838. The number of aliphatic carboxylic acids is 1. The monoisotopic (exact) mass is 250 g/mol. The minimum absolute atomic E-state index is 0.0675. The van der Waals surface area contributed by atoms with Gasteiger partial charge in [0.25, 0.3) is 0 Å². The van der Waals surface area contributed by atoms with Crippen molar-refractivity contribution in [2.75, 3.05) is 0 Å². The highest BCUT2D eigenvalue weighted by Gasteiger charge is 2.30. The van der Waals surface area contributed by atoms with Crippen molar-refractivity contribution in [1.82, 2.24) is 5.32 Å². The van der Waals surface area contributed by atoms with Crippen molar-refractivity contribution in [2.45, 2.75) is 32.4 Å². The zero-order chi connectivity index (χ0) is 13.8. The molecular formula is C13H15FN2O2. The molecule has 1 aromatic rings. The van der Waals surface area contributed by atoms with Gasteiger partial charge in [-0.25, -0.2) is 4.39 Å².